The normalized spacial score (nSPS) is 11.4. The summed E-state index contributed by atoms with van der Waals surface area (Å²) in [6.45, 7) is 6.98. The number of ether oxygens (including phenoxy) is 4. The van der Waals surface area contributed by atoms with E-state index in [9.17, 15) is 4.79 Å². The van der Waals surface area contributed by atoms with E-state index in [1.165, 1.54) is 18.4 Å². The smallest absolute Gasteiger partial charge is 0.338 e. The number of rotatable bonds is 15. The molecule has 1 aromatic carbocycles. The number of esters is 1. The average Bonchev–Trinajstić information content (AvgIpc) is 2.68. The van der Waals surface area contributed by atoms with Crippen molar-refractivity contribution in [3.63, 3.8) is 0 Å². The molecule has 0 fully saturated rings. The summed E-state index contributed by atoms with van der Waals surface area (Å²) in [5.74, 6) is -0.332. The largest absolute Gasteiger partial charge is 0.499 e. The maximum Gasteiger partial charge on any atom is 0.338 e. The summed E-state index contributed by atoms with van der Waals surface area (Å²) in [4.78, 5) is 11.7. The minimum atomic E-state index is -0.332. The van der Waals surface area contributed by atoms with Crippen LogP contribution in [-0.4, -0.2) is 45.6 Å². The van der Waals surface area contributed by atoms with Crippen LogP contribution in [-0.2, 0) is 18.9 Å². The summed E-state index contributed by atoms with van der Waals surface area (Å²) in [6, 6.07) is 8.91. The second-order valence-corrected chi connectivity index (χ2v) is 5.83. The molecule has 1 aromatic rings. The Morgan fingerprint density at radius 1 is 0.923 bits per heavy atom. The van der Waals surface area contributed by atoms with Crippen molar-refractivity contribution in [2.75, 3.05) is 39.6 Å². The van der Waals surface area contributed by atoms with Crippen molar-refractivity contribution in [3.8, 4) is 0 Å². The van der Waals surface area contributed by atoms with E-state index in [4.69, 9.17) is 18.9 Å². The highest BCUT2D eigenvalue weighted by molar-refractivity contribution is 5.89. The Bertz CT molecular complexity index is 498. The van der Waals surface area contributed by atoms with Gasteiger partial charge in [0.25, 0.3) is 0 Å². The summed E-state index contributed by atoms with van der Waals surface area (Å²) in [6.07, 6.45) is 6.42. The van der Waals surface area contributed by atoms with Crippen molar-refractivity contribution >= 4 is 5.97 Å². The number of hydrogen-bond acceptors (Lipinski definition) is 5. The average molecular weight is 364 g/mol. The van der Waals surface area contributed by atoms with Gasteiger partial charge in [0.1, 0.15) is 13.2 Å². The zero-order valence-corrected chi connectivity index (χ0v) is 16.1. The molecule has 0 unspecified atom stereocenters. The second kappa shape index (κ2) is 15.4. The highest BCUT2D eigenvalue weighted by atomic mass is 16.6. The van der Waals surface area contributed by atoms with Gasteiger partial charge in [-0.1, -0.05) is 38.5 Å². The highest BCUT2D eigenvalue weighted by Crippen LogP contribution is 2.10. The lowest BCUT2D eigenvalue weighted by atomic mass is 10.1. The summed E-state index contributed by atoms with van der Waals surface area (Å²) < 4.78 is 21.4. The van der Waals surface area contributed by atoms with Crippen LogP contribution in [0.3, 0.4) is 0 Å². The van der Waals surface area contributed by atoms with Crippen molar-refractivity contribution < 1.29 is 23.7 Å². The van der Waals surface area contributed by atoms with E-state index in [-0.39, 0.29) is 12.6 Å². The quantitative estimate of drug-likeness (QED) is 0.263. The molecule has 0 atom stereocenters. The molecule has 0 saturated carbocycles. The number of benzene rings is 1. The fraction of sp³-hybridized carbons (Fsp3) is 0.571. The van der Waals surface area contributed by atoms with Gasteiger partial charge in [0.2, 0.25) is 0 Å². The van der Waals surface area contributed by atoms with E-state index in [0.29, 0.717) is 38.6 Å². The van der Waals surface area contributed by atoms with Crippen LogP contribution in [0, 0.1) is 0 Å². The van der Waals surface area contributed by atoms with Gasteiger partial charge in [-0.25, -0.2) is 4.79 Å². The summed E-state index contributed by atoms with van der Waals surface area (Å²) in [7, 11) is 0. The van der Waals surface area contributed by atoms with Crippen molar-refractivity contribution in [3.05, 3.63) is 47.7 Å². The van der Waals surface area contributed by atoms with Crippen LogP contribution >= 0.6 is 0 Å². The SMILES string of the molecule is CCCC/C(=C/OCCOCCOCCOC(=O)c1ccccc1)CC. The standard InChI is InChI=1S/C21H32O5/c1-3-5-9-19(4-2)18-25-15-14-23-12-13-24-16-17-26-21(22)20-10-7-6-8-11-20/h6-8,10-11,18H,3-5,9,12-17H2,1-2H3/b19-18+. The summed E-state index contributed by atoms with van der Waals surface area (Å²) in [5.41, 5.74) is 1.89. The molecule has 0 radical (unpaired) electrons. The molecule has 0 amide bonds. The third kappa shape index (κ3) is 10.9. The molecule has 5 heteroatoms. The first-order chi connectivity index (χ1) is 12.8. The lowest BCUT2D eigenvalue weighted by Crippen LogP contribution is -2.13. The number of carbonyl (C=O) groups excluding carboxylic acids is 1. The van der Waals surface area contributed by atoms with Crippen LogP contribution < -0.4 is 0 Å². The van der Waals surface area contributed by atoms with Gasteiger partial charge in [0.05, 0.1) is 38.3 Å². The molecular weight excluding hydrogens is 332 g/mol. The van der Waals surface area contributed by atoms with Crippen LogP contribution in [0.2, 0.25) is 0 Å². The molecule has 0 bridgehead atoms. The van der Waals surface area contributed by atoms with Crippen molar-refractivity contribution in [2.24, 2.45) is 0 Å². The zero-order valence-electron chi connectivity index (χ0n) is 16.1. The Labute approximate surface area is 157 Å². The van der Waals surface area contributed by atoms with Gasteiger partial charge in [0, 0.05) is 0 Å². The molecule has 0 spiro atoms. The summed E-state index contributed by atoms with van der Waals surface area (Å²) in [5, 5.41) is 0. The molecule has 0 aromatic heterocycles. The zero-order chi connectivity index (χ0) is 18.9. The number of allylic oxidation sites excluding steroid dienone is 1. The monoisotopic (exact) mass is 364 g/mol. The molecule has 146 valence electrons. The van der Waals surface area contributed by atoms with Crippen molar-refractivity contribution in [2.45, 2.75) is 39.5 Å². The first kappa shape index (κ1) is 22.2. The Morgan fingerprint density at radius 2 is 1.58 bits per heavy atom. The number of carbonyl (C=O) groups is 1. The predicted octanol–water partition coefficient (Wildman–Crippen LogP) is 4.38. The number of hydrogen-bond donors (Lipinski definition) is 0. The first-order valence-electron chi connectivity index (χ1n) is 9.45. The summed E-state index contributed by atoms with van der Waals surface area (Å²) >= 11 is 0. The number of unbranched alkanes of at least 4 members (excludes halogenated alkanes) is 1. The van der Waals surface area contributed by atoms with E-state index < -0.39 is 0 Å². The first-order valence-corrected chi connectivity index (χ1v) is 9.45. The molecule has 0 N–H and O–H groups in total. The minimum Gasteiger partial charge on any atom is -0.499 e. The van der Waals surface area contributed by atoms with Crippen LogP contribution in [0.5, 0.6) is 0 Å². The third-order valence-corrected chi connectivity index (χ3v) is 3.74. The van der Waals surface area contributed by atoms with Gasteiger partial charge in [0.15, 0.2) is 0 Å². The predicted molar refractivity (Wildman–Crippen MR) is 102 cm³/mol. The Morgan fingerprint density at radius 3 is 2.23 bits per heavy atom. The maximum absolute atomic E-state index is 11.7. The molecule has 0 aliphatic rings. The Hall–Kier alpha value is -1.85. The van der Waals surface area contributed by atoms with Gasteiger partial charge < -0.3 is 18.9 Å². The van der Waals surface area contributed by atoms with Crippen LogP contribution in [0.25, 0.3) is 0 Å². The van der Waals surface area contributed by atoms with E-state index >= 15 is 0 Å². The lowest BCUT2D eigenvalue weighted by Gasteiger charge is -2.08. The van der Waals surface area contributed by atoms with E-state index in [2.05, 4.69) is 13.8 Å². The van der Waals surface area contributed by atoms with Crippen LogP contribution in [0.4, 0.5) is 0 Å². The topological polar surface area (TPSA) is 54.0 Å². The van der Waals surface area contributed by atoms with Gasteiger partial charge in [-0.05, 0) is 37.0 Å². The maximum atomic E-state index is 11.7. The minimum absolute atomic E-state index is 0.235. The van der Waals surface area contributed by atoms with E-state index in [1.807, 2.05) is 12.3 Å². The molecule has 0 aliphatic heterocycles. The van der Waals surface area contributed by atoms with Crippen molar-refractivity contribution in [1.82, 2.24) is 0 Å². The van der Waals surface area contributed by atoms with Crippen LogP contribution in [0.15, 0.2) is 42.2 Å². The molecule has 1 rings (SSSR count). The highest BCUT2D eigenvalue weighted by Gasteiger charge is 2.04. The molecular formula is C21H32O5. The fourth-order valence-corrected chi connectivity index (χ4v) is 2.18. The fourth-order valence-electron chi connectivity index (χ4n) is 2.18. The third-order valence-electron chi connectivity index (χ3n) is 3.74. The van der Waals surface area contributed by atoms with Gasteiger partial charge in [-0.15, -0.1) is 0 Å². The molecule has 5 nitrogen and oxygen atoms in total. The molecule has 0 aliphatic carbocycles. The van der Waals surface area contributed by atoms with Gasteiger partial charge in [-0.3, -0.25) is 0 Å². The molecule has 0 heterocycles. The second-order valence-electron chi connectivity index (χ2n) is 5.83. The molecule has 0 saturated heterocycles. The van der Waals surface area contributed by atoms with E-state index in [0.717, 1.165) is 12.8 Å². The Kier molecular flexibility index (Phi) is 13.2. The Balaban J connectivity index is 1.92. The van der Waals surface area contributed by atoms with Crippen LogP contribution in [0.1, 0.15) is 49.9 Å². The van der Waals surface area contributed by atoms with Crippen molar-refractivity contribution in [1.29, 1.82) is 0 Å². The lowest BCUT2D eigenvalue weighted by molar-refractivity contribution is 0.00811. The van der Waals surface area contributed by atoms with Gasteiger partial charge >= 0.3 is 5.97 Å². The molecule has 26 heavy (non-hydrogen) atoms. The van der Waals surface area contributed by atoms with Gasteiger partial charge in [-0.2, -0.15) is 0 Å². The van der Waals surface area contributed by atoms with E-state index in [1.54, 1.807) is 24.3 Å².